The molecule has 120 valence electrons. The summed E-state index contributed by atoms with van der Waals surface area (Å²) >= 11 is 0. The van der Waals surface area contributed by atoms with Gasteiger partial charge in [-0.3, -0.25) is 0 Å². The summed E-state index contributed by atoms with van der Waals surface area (Å²) in [5.41, 5.74) is 2.88. The Morgan fingerprint density at radius 2 is 1.75 bits per heavy atom. The third kappa shape index (κ3) is 2.69. The van der Waals surface area contributed by atoms with Gasteiger partial charge in [-0.05, 0) is 18.2 Å². The first-order valence-electron chi connectivity index (χ1n) is 7.70. The summed E-state index contributed by atoms with van der Waals surface area (Å²) in [5, 5.41) is 0. The fraction of sp³-hybridized carbons (Fsp3) is 0.105. The Kier molecular flexibility index (Phi) is 3.61. The molecule has 1 aromatic heterocycles. The van der Waals surface area contributed by atoms with Gasteiger partial charge in [0.05, 0.1) is 17.9 Å². The maximum atomic E-state index is 13.8. The predicted octanol–water partition coefficient (Wildman–Crippen LogP) is 4.34. The van der Waals surface area contributed by atoms with Gasteiger partial charge in [-0.25, -0.2) is 13.8 Å². The smallest absolute Gasteiger partial charge is 0.138 e. The van der Waals surface area contributed by atoms with E-state index in [9.17, 15) is 8.78 Å². The molecular formula is C19H15F2N3. The van der Waals surface area contributed by atoms with Crippen LogP contribution in [0.3, 0.4) is 0 Å². The van der Waals surface area contributed by atoms with Crippen LogP contribution in [0.5, 0.6) is 0 Å². The maximum absolute atomic E-state index is 13.8. The third-order valence-electron chi connectivity index (χ3n) is 4.09. The molecule has 2 heterocycles. The normalized spacial score (nSPS) is 13.2. The van der Waals surface area contributed by atoms with Crippen LogP contribution >= 0.6 is 0 Å². The topological polar surface area (TPSA) is 31.9 Å². The van der Waals surface area contributed by atoms with E-state index < -0.39 is 11.6 Å². The van der Waals surface area contributed by atoms with E-state index in [0.29, 0.717) is 6.54 Å². The van der Waals surface area contributed by atoms with Gasteiger partial charge in [0.2, 0.25) is 0 Å². The highest BCUT2D eigenvalue weighted by atomic mass is 19.1. The highest BCUT2D eigenvalue weighted by Crippen LogP contribution is 2.25. The second-order valence-electron chi connectivity index (χ2n) is 5.74. The van der Waals surface area contributed by atoms with Crippen molar-refractivity contribution in [3.05, 3.63) is 83.3 Å². The van der Waals surface area contributed by atoms with Gasteiger partial charge in [-0.1, -0.05) is 36.4 Å². The molecule has 0 saturated heterocycles. The molecule has 0 radical (unpaired) electrons. The molecule has 3 aromatic rings. The lowest BCUT2D eigenvalue weighted by Gasteiger charge is -2.23. The molecule has 0 saturated carbocycles. The fourth-order valence-corrected chi connectivity index (χ4v) is 2.84. The van der Waals surface area contributed by atoms with Gasteiger partial charge in [0, 0.05) is 23.9 Å². The fourth-order valence-electron chi connectivity index (χ4n) is 2.84. The van der Waals surface area contributed by atoms with Crippen LogP contribution in [0, 0.1) is 11.6 Å². The number of imidazole rings is 1. The van der Waals surface area contributed by atoms with Gasteiger partial charge in [0.15, 0.2) is 0 Å². The number of H-pyrrole nitrogens is 1. The molecule has 0 atom stereocenters. The van der Waals surface area contributed by atoms with Crippen molar-refractivity contribution < 1.29 is 8.78 Å². The molecule has 0 spiro atoms. The molecule has 0 amide bonds. The highest BCUT2D eigenvalue weighted by Gasteiger charge is 2.18. The van der Waals surface area contributed by atoms with Gasteiger partial charge in [0.1, 0.15) is 17.5 Å². The lowest BCUT2D eigenvalue weighted by Crippen LogP contribution is -2.21. The molecule has 0 aliphatic carbocycles. The van der Waals surface area contributed by atoms with Crippen molar-refractivity contribution in [1.29, 1.82) is 0 Å². The first-order chi connectivity index (χ1) is 11.7. The lowest BCUT2D eigenvalue weighted by atomic mass is 10.1. The maximum Gasteiger partial charge on any atom is 0.138 e. The Hall–Kier alpha value is -2.95. The summed E-state index contributed by atoms with van der Waals surface area (Å²) in [6.07, 6.45) is 3.68. The molecule has 5 heteroatoms. The lowest BCUT2D eigenvalue weighted by molar-refractivity contribution is 0.340. The first kappa shape index (κ1) is 14.6. The number of aromatic amines is 1. The summed E-state index contributed by atoms with van der Waals surface area (Å²) in [5.74, 6) is -0.253. The summed E-state index contributed by atoms with van der Waals surface area (Å²) in [7, 11) is 0. The van der Waals surface area contributed by atoms with E-state index >= 15 is 0 Å². The number of benzene rings is 2. The Morgan fingerprint density at radius 1 is 1.00 bits per heavy atom. The zero-order chi connectivity index (χ0) is 16.5. The van der Waals surface area contributed by atoms with Gasteiger partial charge < -0.3 is 9.88 Å². The van der Waals surface area contributed by atoms with Gasteiger partial charge >= 0.3 is 0 Å². The summed E-state index contributed by atoms with van der Waals surface area (Å²) in [6.45, 7) is 0.702. The summed E-state index contributed by atoms with van der Waals surface area (Å²) in [6, 6.07) is 13.8. The number of fused-ring (bicyclic) bond motifs is 1. The zero-order valence-electron chi connectivity index (χ0n) is 12.8. The van der Waals surface area contributed by atoms with Crippen LogP contribution in [0.4, 0.5) is 8.78 Å². The largest absolute Gasteiger partial charge is 0.367 e. The minimum Gasteiger partial charge on any atom is -0.367 e. The van der Waals surface area contributed by atoms with E-state index in [-0.39, 0.29) is 12.1 Å². The summed E-state index contributed by atoms with van der Waals surface area (Å²) in [4.78, 5) is 9.74. The molecule has 3 nitrogen and oxygen atoms in total. The monoisotopic (exact) mass is 323 g/mol. The van der Waals surface area contributed by atoms with E-state index in [2.05, 4.69) is 9.97 Å². The molecule has 4 rings (SSSR count). The number of nitrogens with one attached hydrogen (secondary N) is 1. The van der Waals surface area contributed by atoms with E-state index in [4.69, 9.17) is 0 Å². The van der Waals surface area contributed by atoms with Gasteiger partial charge in [-0.2, -0.15) is 0 Å². The second kappa shape index (κ2) is 5.92. The van der Waals surface area contributed by atoms with Crippen LogP contribution in [-0.4, -0.2) is 14.9 Å². The van der Waals surface area contributed by atoms with Crippen LogP contribution in [0.15, 0.2) is 54.7 Å². The zero-order valence-corrected chi connectivity index (χ0v) is 12.8. The molecule has 1 aliphatic rings. The predicted molar refractivity (Wildman–Crippen MR) is 88.7 cm³/mol. The number of aromatic nitrogens is 2. The average Bonchev–Trinajstić information content (AvgIpc) is 3.02. The average molecular weight is 323 g/mol. The quantitative estimate of drug-likeness (QED) is 0.777. The minimum absolute atomic E-state index is 0.0772. The number of hydrogen-bond donors (Lipinski definition) is 1. The molecule has 0 bridgehead atoms. The molecule has 1 aliphatic heterocycles. The van der Waals surface area contributed by atoms with E-state index in [0.717, 1.165) is 22.8 Å². The Labute approximate surface area is 138 Å². The van der Waals surface area contributed by atoms with Crippen molar-refractivity contribution in [2.75, 3.05) is 0 Å². The minimum atomic E-state index is -0.524. The van der Waals surface area contributed by atoms with Crippen molar-refractivity contribution in [2.24, 2.45) is 0 Å². The van der Waals surface area contributed by atoms with Gasteiger partial charge in [-0.15, -0.1) is 0 Å². The SMILES string of the molecule is Fc1cccc(F)c1CN1C=Cc2nc(-c3ccccc3)[nH]c2C1. The molecule has 24 heavy (non-hydrogen) atoms. The van der Waals surface area contributed by atoms with Crippen LogP contribution in [0.1, 0.15) is 17.0 Å². The molecule has 0 unspecified atom stereocenters. The third-order valence-corrected chi connectivity index (χ3v) is 4.09. The van der Waals surface area contributed by atoms with Crippen molar-refractivity contribution in [3.8, 4) is 11.4 Å². The standard InChI is InChI=1S/C19H15F2N3/c20-15-7-4-8-16(21)14(15)11-24-10-9-17-18(12-24)23-19(22-17)13-5-2-1-3-6-13/h1-10H,11-12H2,(H,22,23). The number of halogens is 2. The van der Waals surface area contributed by atoms with Crippen molar-refractivity contribution in [2.45, 2.75) is 13.1 Å². The Morgan fingerprint density at radius 3 is 2.50 bits per heavy atom. The van der Waals surface area contributed by atoms with Crippen molar-refractivity contribution in [1.82, 2.24) is 14.9 Å². The number of hydrogen-bond acceptors (Lipinski definition) is 2. The van der Waals surface area contributed by atoms with Crippen molar-refractivity contribution >= 4 is 6.08 Å². The van der Waals surface area contributed by atoms with Crippen LogP contribution in [0.25, 0.3) is 17.5 Å². The van der Waals surface area contributed by atoms with Gasteiger partial charge in [0.25, 0.3) is 0 Å². The molecule has 1 N–H and O–H groups in total. The van der Waals surface area contributed by atoms with E-state index in [1.807, 2.05) is 47.5 Å². The van der Waals surface area contributed by atoms with Crippen LogP contribution in [0.2, 0.25) is 0 Å². The Balaban J connectivity index is 1.57. The highest BCUT2D eigenvalue weighted by molar-refractivity contribution is 5.60. The molecule has 2 aromatic carbocycles. The van der Waals surface area contributed by atoms with Crippen molar-refractivity contribution in [3.63, 3.8) is 0 Å². The molecular weight excluding hydrogens is 308 g/mol. The summed E-state index contributed by atoms with van der Waals surface area (Å²) < 4.78 is 27.6. The number of nitrogens with zero attached hydrogens (tertiary/aromatic N) is 2. The Bertz CT molecular complexity index is 880. The molecule has 0 fully saturated rings. The second-order valence-corrected chi connectivity index (χ2v) is 5.74. The van der Waals surface area contributed by atoms with Crippen LogP contribution in [-0.2, 0) is 13.1 Å². The van der Waals surface area contributed by atoms with E-state index in [1.165, 1.54) is 18.2 Å². The number of rotatable bonds is 3. The van der Waals surface area contributed by atoms with E-state index in [1.54, 1.807) is 0 Å². The van der Waals surface area contributed by atoms with Crippen LogP contribution < -0.4 is 0 Å². The first-order valence-corrected chi connectivity index (χ1v) is 7.70.